The molecule has 2 aliphatic carbocycles. The molecule has 11 aromatic rings. The molecule has 0 saturated heterocycles. The highest BCUT2D eigenvalue weighted by Gasteiger charge is 2.41. The summed E-state index contributed by atoms with van der Waals surface area (Å²) in [5.41, 5.74) is 20.0. The lowest BCUT2D eigenvalue weighted by Crippen LogP contribution is -2.22. The lowest BCUT2D eigenvalue weighted by atomic mass is 9.74. The fourth-order valence-electron chi connectivity index (χ4n) is 12.1. The maximum Gasteiger partial charge on any atom is 0.135 e. The normalized spacial score (nSPS) is 15.7. The van der Waals surface area contributed by atoms with Crippen LogP contribution in [0.5, 0.6) is 0 Å². The van der Waals surface area contributed by atoms with Crippen molar-refractivity contribution in [1.29, 1.82) is 0 Å². The van der Waals surface area contributed by atoms with Crippen molar-refractivity contribution in [3.63, 3.8) is 0 Å². The van der Waals surface area contributed by atoms with E-state index in [9.17, 15) is 0 Å². The number of hydrogen-bond acceptors (Lipinski definition) is 2. The van der Waals surface area contributed by atoms with E-state index in [-0.39, 0.29) is 5.41 Å². The number of anilines is 3. The number of rotatable bonds is 8. The number of furan rings is 1. The van der Waals surface area contributed by atoms with Crippen molar-refractivity contribution in [3.05, 3.63) is 247 Å². The molecule has 10 aromatic carbocycles. The predicted molar refractivity (Wildman–Crippen MR) is 285 cm³/mol. The van der Waals surface area contributed by atoms with Crippen molar-refractivity contribution in [2.45, 2.75) is 50.4 Å². The molecular weight excluding hydrogens is 823 g/mol. The second kappa shape index (κ2) is 16.4. The molecule has 326 valence electrons. The van der Waals surface area contributed by atoms with Gasteiger partial charge in [0, 0.05) is 32.9 Å². The second-order valence-electron chi connectivity index (χ2n) is 19.1. The predicted octanol–water partition coefficient (Wildman–Crippen LogP) is 18.6. The van der Waals surface area contributed by atoms with Crippen LogP contribution in [0.25, 0.3) is 77.2 Å². The van der Waals surface area contributed by atoms with Crippen molar-refractivity contribution in [3.8, 4) is 44.5 Å². The Hall–Kier alpha value is -7.94. The molecule has 0 aliphatic heterocycles. The van der Waals surface area contributed by atoms with E-state index in [0.717, 1.165) is 50.1 Å². The Morgan fingerprint density at radius 1 is 0.412 bits per heavy atom. The van der Waals surface area contributed by atoms with Gasteiger partial charge in [-0.2, -0.15) is 0 Å². The summed E-state index contributed by atoms with van der Waals surface area (Å²) < 4.78 is 6.36. The van der Waals surface area contributed by atoms with Gasteiger partial charge in [-0.3, -0.25) is 0 Å². The molecule has 2 nitrogen and oxygen atoms in total. The molecule has 0 amide bonds. The number of hydrogen-bond donors (Lipinski definition) is 0. The van der Waals surface area contributed by atoms with Gasteiger partial charge in [0.1, 0.15) is 11.2 Å². The SMILES string of the molecule is CC1(c2ccccc2)c2ccccc2-c2ccc(-c3ccccc3N(c3ccccc3-c3ccc4oc5ccccc5c4c3)c3ccccc3-c3cccc4cccc(C5CCCCC5)c34)cc21. The first kappa shape index (κ1) is 40.3. The van der Waals surface area contributed by atoms with Crippen LogP contribution in [-0.4, -0.2) is 0 Å². The van der Waals surface area contributed by atoms with E-state index in [0.29, 0.717) is 5.92 Å². The van der Waals surface area contributed by atoms with Gasteiger partial charge in [0.15, 0.2) is 0 Å². The van der Waals surface area contributed by atoms with Gasteiger partial charge >= 0.3 is 0 Å². The Kier molecular flexibility index (Phi) is 9.75. The molecule has 1 heterocycles. The van der Waals surface area contributed by atoms with Crippen LogP contribution in [-0.2, 0) is 5.41 Å². The Morgan fingerprint density at radius 2 is 0.971 bits per heavy atom. The minimum atomic E-state index is -0.322. The summed E-state index contributed by atoms with van der Waals surface area (Å²) in [6.07, 6.45) is 6.40. The minimum absolute atomic E-state index is 0.322. The van der Waals surface area contributed by atoms with Crippen LogP contribution >= 0.6 is 0 Å². The van der Waals surface area contributed by atoms with Crippen LogP contribution in [0.15, 0.2) is 229 Å². The first-order chi connectivity index (χ1) is 33.6. The Balaban J connectivity index is 1.06. The molecule has 1 atom stereocenters. The lowest BCUT2D eigenvalue weighted by molar-refractivity contribution is 0.445. The van der Waals surface area contributed by atoms with Crippen LogP contribution in [0.2, 0.25) is 0 Å². The van der Waals surface area contributed by atoms with Crippen molar-refractivity contribution in [1.82, 2.24) is 0 Å². The lowest BCUT2D eigenvalue weighted by Gasteiger charge is -2.32. The van der Waals surface area contributed by atoms with Crippen LogP contribution in [0.4, 0.5) is 17.1 Å². The summed E-state index contributed by atoms with van der Waals surface area (Å²) in [5.74, 6) is 0.555. The molecule has 0 N–H and O–H groups in total. The monoisotopic (exact) mass is 873 g/mol. The van der Waals surface area contributed by atoms with Gasteiger partial charge in [0.2, 0.25) is 0 Å². The smallest absolute Gasteiger partial charge is 0.135 e. The summed E-state index contributed by atoms with van der Waals surface area (Å²) in [6, 6.07) is 83.3. The standard InChI is InChI=1S/C66H51NO/c1-66(48-24-6-3-7-25-48)58-33-13-8-28-52(58)53-40-38-47(43-59(53)66)50-27-10-15-35-61(50)67(60-34-14-9-26-49(60)46-39-41-64-57(42-46)55-30-12-17-37-63(55)68-64)62-36-16-11-29-54(62)56-32-19-23-45-22-18-31-51(65(45)56)44-20-4-2-5-21-44/h3,6-19,22-44H,2,4-5,20-21H2,1H3. The molecule has 2 heteroatoms. The fourth-order valence-corrected chi connectivity index (χ4v) is 12.1. The van der Waals surface area contributed by atoms with Gasteiger partial charge in [-0.05, 0) is 129 Å². The van der Waals surface area contributed by atoms with E-state index in [1.807, 2.05) is 6.07 Å². The molecule has 2 aliphatic rings. The molecule has 1 unspecified atom stereocenters. The third kappa shape index (κ3) is 6.46. The van der Waals surface area contributed by atoms with Gasteiger partial charge in [-0.25, -0.2) is 0 Å². The first-order valence-electron chi connectivity index (χ1n) is 24.4. The quantitative estimate of drug-likeness (QED) is 0.151. The minimum Gasteiger partial charge on any atom is -0.456 e. The van der Waals surface area contributed by atoms with E-state index in [2.05, 4.69) is 230 Å². The highest BCUT2D eigenvalue weighted by atomic mass is 16.3. The topological polar surface area (TPSA) is 16.4 Å². The Morgan fingerprint density at radius 3 is 1.74 bits per heavy atom. The summed E-state index contributed by atoms with van der Waals surface area (Å²) in [6.45, 7) is 2.41. The van der Waals surface area contributed by atoms with E-state index in [1.165, 1.54) is 98.5 Å². The van der Waals surface area contributed by atoms with Gasteiger partial charge in [-0.1, -0.05) is 201 Å². The zero-order chi connectivity index (χ0) is 45.2. The maximum absolute atomic E-state index is 6.36. The van der Waals surface area contributed by atoms with Crippen LogP contribution in [0.1, 0.15) is 67.2 Å². The van der Waals surface area contributed by atoms with Crippen molar-refractivity contribution in [2.75, 3.05) is 4.90 Å². The van der Waals surface area contributed by atoms with Crippen LogP contribution < -0.4 is 4.90 Å². The van der Waals surface area contributed by atoms with Crippen molar-refractivity contribution in [2.24, 2.45) is 0 Å². The third-order valence-corrected chi connectivity index (χ3v) is 15.4. The number of benzene rings is 10. The van der Waals surface area contributed by atoms with E-state index < -0.39 is 0 Å². The zero-order valence-corrected chi connectivity index (χ0v) is 38.3. The number of fused-ring (bicyclic) bond motifs is 7. The molecular formula is C66H51NO. The first-order valence-corrected chi connectivity index (χ1v) is 24.4. The summed E-state index contributed by atoms with van der Waals surface area (Å²) in [7, 11) is 0. The maximum atomic E-state index is 6.36. The largest absolute Gasteiger partial charge is 0.456 e. The van der Waals surface area contributed by atoms with Gasteiger partial charge in [0.25, 0.3) is 0 Å². The van der Waals surface area contributed by atoms with E-state index >= 15 is 0 Å². The van der Waals surface area contributed by atoms with Gasteiger partial charge in [0.05, 0.1) is 17.1 Å². The molecule has 1 aromatic heterocycles. The second-order valence-corrected chi connectivity index (χ2v) is 19.1. The summed E-state index contributed by atoms with van der Waals surface area (Å²) in [5, 5.41) is 4.92. The molecule has 1 fully saturated rings. The van der Waals surface area contributed by atoms with Gasteiger partial charge < -0.3 is 9.32 Å². The molecule has 0 bridgehead atoms. The summed E-state index contributed by atoms with van der Waals surface area (Å²) in [4.78, 5) is 2.55. The zero-order valence-electron chi connectivity index (χ0n) is 38.3. The third-order valence-electron chi connectivity index (χ3n) is 15.4. The van der Waals surface area contributed by atoms with Crippen LogP contribution in [0, 0.1) is 0 Å². The van der Waals surface area contributed by atoms with Crippen molar-refractivity contribution >= 4 is 49.8 Å². The number of nitrogens with zero attached hydrogens (tertiary/aromatic N) is 1. The highest BCUT2D eigenvalue weighted by molar-refractivity contribution is 6.08. The van der Waals surface area contributed by atoms with E-state index in [1.54, 1.807) is 0 Å². The van der Waals surface area contributed by atoms with Gasteiger partial charge in [-0.15, -0.1) is 0 Å². The molecule has 13 rings (SSSR count). The highest BCUT2D eigenvalue weighted by Crippen LogP contribution is 2.55. The van der Waals surface area contributed by atoms with Crippen LogP contribution in [0.3, 0.4) is 0 Å². The summed E-state index contributed by atoms with van der Waals surface area (Å²) >= 11 is 0. The molecule has 0 radical (unpaired) electrons. The Labute approximate surface area is 398 Å². The average molecular weight is 874 g/mol. The molecule has 1 saturated carbocycles. The van der Waals surface area contributed by atoms with Crippen molar-refractivity contribution < 1.29 is 4.42 Å². The molecule has 0 spiro atoms. The Bertz CT molecular complexity index is 3700. The van der Waals surface area contributed by atoms with E-state index in [4.69, 9.17) is 4.42 Å². The average Bonchev–Trinajstić information content (AvgIpc) is 3.91. The fraction of sp³-hybridized carbons (Fsp3) is 0.121. The number of para-hydroxylation sites is 4. The molecule has 68 heavy (non-hydrogen) atoms.